The molecule has 1 aliphatic heterocycles. The molecule has 1 heterocycles. The molecular weight excluding hydrogens is 292 g/mol. The minimum Gasteiger partial charge on any atom is -0.497 e. The molecular formula is C18H18N2O3. The molecule has 0 saturated heterocycles. The number of para-hydroxylation sites is 1. The third-order valence-corrected chi connectivity index (χ3v) is 3.80. The Morgan fingerprint density at radius 1 is 1.17 bits per heavy atom. The van der Waals surface area contributed by atoms with Gasteiger partial charge in [0.2, 0.25) is 5.60 Å². The number of oxime groups is 1. The molecule has 0 bridgehead atoms. The van der Waals surface area contributed by atoms with Crippen molar-refractivity contribution in [3.8, 4) is 5.75 Å². The van der Waals surface area contributed by atoms with Crippen molar-refractivity contribution >= 4 is 17.3 Å². The summed E-state index contributed by atoms with van der Waals surface area (Å²) < 4.78 is 5.14. The SMILES string of the molecule is COc1ccc(C2=NOC(C)(C(=O)Nc3ccccc3)C2)cc1. The molecule has 3 rings (SSSR count). The van der Waals surface area contributed by atoms with E-state index < -0.39 is 5.60 Å². The molecule has 0 fully saturated rings. The van der Waals surface area contributed by atoms with Gasteiger partial charge in [0.15, 0.2) is 0 Å². The van der Waals surface area contributed by atoms with Crippen LogP contribution in [0, 0.1) is 0 Å². The van der Waals surface area contributed by atoms with E-state index in [1.54, 1.807) is 14.0 Å². The predicted molar refractivity (Wildman–Crippen MR) is 88.7 cm³/mol. The number of nitrogens with one attached hydrogen (secondary N) is 1. The van der Waals surface area contributed by atoms with Gasteiger partial charge in [-0.1, -0.05) is 23.4 Å². The maximum absolute atomic E-state index is 12.5. The van der Waals surface area contributed by atoms with Crippen LogP contribution in [-0.2, 0) is 9.63 Å². The molecule has 1 atom stereocenters. The third-order valence-electron chi connectivity index (χ3n) is 3.80. The summed E-state index contributed by atoms with van der Waals surface area (Å²) in [5, 5.41) is 6.95. The van der Waals surface area contributed by atoms with Crippen molar-refractivity contribution in [3.05, 3.63) is 60.2 Å². The van der Waals surface area contributed by atoms with E-state index in [4.69, 9.17) is 9.57 Å². The number of hydrogen-bond donors (Lipinski definition) is 1. The lowest BCUT2D eigenvalue weighted by molar-refractivity contribution is -0.135. The van der Waals surface area contributed by atoms with Crippen LogP contribution >= 0.6 is 0 Å². The van der Waals surface area contributed by atoms with Gasteiger partial charge in [0.25, 0.3) is 5.91 Å². The molecule has 5 nitrogen and oxygen atoms in total. The topological polar surface area (TPSA) is 59.9 Å². The summed E-state index contributed by atoms with van der Waals surface area (Å²) in [7, 11) is 1.62. The molecule has 2 aromatic rings. The van der Waals surface area contributed by atoms with Gasteiger partial charge < -0.3 is 14.9 Å². The summed E-state index contributed by atoms with van der Waals surface area (Å²) in [6, 6.07) is 16.8. The fraction of sp³-hybridized carbons (Fsp3) is 0.222. The Kier molecular flexibility index (Phi) is 4.02. The maximum atomic E-state index is 12.5. The van der Waals surface area contributed by atoms with E-state index in [-0.39, 0.29) is 5.91 Å². The molecule has 0 spiro atoms. The van der Waals surface area contributed by atoms with Gasteiger partial charge in [-0.3, -0.25) is 4.79 Å². The first-order valence-corrected chi connectivity index (χ1v) is 7.37. The Morgan fingerprint density at radius 2 is 1.87 bits per heavy atom. The Labute approximate surface area is 134 Å². The second-order valence-corrected chi connectivity index (χ2v) is 5.59. The number of carbonyl (C=O) groups excluding carboxylic acids is 1. The van der Waals surface area contributed by atoms with Crippen LogP contribution in [0.1, 0.15) is 18.9 Å². The van der Waals surface area contributed by atoms with Gasteiger partial charge in [0, 0.05) is 12.1 Å². The number of rotatable bonds is 4. The number of carbonyl (C=O) groups is 1. The average Bonchev–Trinajstić information content (AvgIpc) is 3.00. The van der Waals surface area contributed by atoms with Gasteiger partial charge >= 0.3 is 0 Å². The second kappa shape index (κ2) is 6.12. The second-order valence-electron chi connectivity index (χ2n) is 5.59. The van der Waals surface area contributed by atoms with E-state index in [0.717, 1.165) is 22.7 Å². The highest BCUT2D eigenvalue weighted by Gasteiger charge is 2.42. The fourth-order valence-corrected chi connectivity index (χ4v) is 2.38. The molecule has 1 aliphatic rings. The minimum absolute atomic E-state index is 0.212. The number of ether oxygens (including phenoxy) is 1. The highest BCUT2D eigenvalue weighted by atomic mass is 16.7. The number of methoxy groups -OCH3 is 1. The summed E-state index contributed by atoms with van der Waals surface area (Å²) in [6.45, 7) is 1.74. The van der Waals surface area contributed by atoms with Crippen molar-refractivity contribution in [1.29, 1.82) is 0 Å². The molecule has 23 heavy (non-hydrogen) atoms. The van der Waals surface area contributed by atoms with Crippen molar-refractivity contribution in [1.82, 2.24) is 0 Å². The zero-order valence-electron chi connectivity index (χ0n) is 13.1. The minimum atomic E-state index is -1.01. The van der Waals surface area contributed by atoms with Gasteiger partial charge in [-0.15, -0.1) is 0 Å². The molecule has 0 saturated carbocycles. The number of amides is 1. The lowest BCUT2D eigenvalue weighted by atomic mass is 9.95. The monoisotopic (exact) mass is 310 g/mol. The first-order valence-electron chi connectivity index (χ1n) is 7.37. The van der Waals surface area contributed by atoms with Crippen molar-refractivity contribution in [2.75, 3.05) is 12.4 Å². The van der Waals surface area contributed by atoms with E-state index >= 15 is 0 Å². The van der Waals surface area contributed by atoms with Crippen LogP contribution in [0.25, 0.3) is 0 Å². The van der Waals surface area contributed by atoms with Gasteiger partial charge in [0.1, 0.15) is 5.75 Å². The number of hydrogen-bond acceptors (Lipinski definition) is 4. The first kappa shape index (κ1) is 15.1. The Hall–Kier alpha value is -2.82. The molecule has 1 N–H and O–H groups in total. The quantitative estimate of drug-likeness (QED) is 0.943. The summed E-state index contributed by atoms with van der Waals surface area (Å²) >= 11 is 0. The Morgan fingerprint density at radius 3 is 2.52 bits per heavy atom. The molecule has 0 radical (unpaired) electrons. The smallest absolute Gasteiger partial charge is 0.271 e. The van der Waals surface area contributed by atoms with Crippen molar-refractivity contribution < 1.29 is 14.4 Å². The van der Waals surface area contributed by atoms with Gasteiger partial charge in [-0.05, 0) is 48.9 Å². The van der Waals surface area contributed by atoms with Crippen LogP contribution in [0.3, 0.4) is 0 Å². The normalized spacial score (nSPS) is 19.7. The zero-order chi connectivity index (χ0) is 16.3. The molecule has 5 heteroatoms. The lowest BCUT2D eigenvalue weighted by Gasteiger charge is -2.20. The summed E-state index contributed by atoms with van der Waals surface area (Å²) in [5.41, 5.74) is 1.39. The van der Waals surface area contributed by atoms with E-state index in [9.17, 15) is 4.79 Å². The highest BCUT2D eigenvalue weighted by Crippen LogP contribution is 2.28. The fourth-order valence-electron chi connectivity index (χ4n) is 2.38. The van der Waals surface area contributed by atoms with Gasteiger partial charge in [-0.2, -0.15) is 0 Å². The average molecular weight is 310 g/mol. The molecule has 118 valence electrons. The van der Waals surface area contributed by atoms with Crippen LogP contribution in [0.15, 0.2) is 59.8 Å². The standard InChI is InChI=1S/C18H18N2O3/c1-18(17(21)19-14-6-4-3-5-7-14)12-16(20-23-18)13-8-10-15(22-2)11-9-13/h3-11H,12H2,1-2H3,(H,19,21). The highest BCUT2D eigenvalue weighted by molar-refractivity contribution is 6.07. The Bertz CT molecular complexity index is 726. The zero-order valence-corrected chi connectivity index (χ0v) is 13.1. The van der Waals surface area contributed by atoms with Crippen molar-refractivity contribution in [2.45, 2.75) is 18.9 Å². The van der Waals surface area contributed by atoms with Crippen LogP contribution in [-0.4, -0.2) is 24.3 Å². The summed E-state index contributed by atoms with van der Waals surface area (Å²) in [4.78, 5) is 17.9. The first-order chi connectivity index (χ1) is 11.1. The Balaban J connectivity index is 1.69. The van der Waals surface area contributed by atoms with Crippen LogP contribution < -0.4 is 10.1 Å². The maximum Gasteiger partial charge on any atom is 0.271 e. The van der Waals surface area contributed by atoms with E-state index in [1.165, 1.54) is 0 Å². The van der Waals surface area contributed by atoms with E-state index in [2.05, 4.69) is 10.5 Å². The molecule has 1 unspecified atom stereocenters. The molecule has 2 aromatic carbocycles. The largest absolute Gasteiger partial charge is 0.497 e. The van der Waals surface area contributed by atoms with Gasteiger partial charge in [-0.25, -0.2) is 0 Å². The summed E-state index contributed by atoms with van der Waals surface area (Å²) in [5.74, 6) is 0.564. The van der Waals surface area contributed by atoms with Crippen molar-refractivity contribution in [3.63, 3.8) is 0 Å². The van der Waals surface area contributed by atoms with Crippen LogP contribution in [0.5, 0.6) is 5.75 Å². The lowest BCUT2D eigenvalue weighted by Crippen LogP contribution is -2.40. The molecule has 0 aromatic heterocycles. The summed E-state index contributed by atoms with van der Waals surface area (Å²) in [6.07, 6.45) is 0.415. The third kappa shape index (κ3) is 3.18. The number of nitrogens with zero attached hydrogens (tertiary/aromatic N) is 1. The van der Waals surface area contributed by atoms with Crippen LogP contribution in [0.4, 0.5) is 5.69 Å². The number of anilines is 1. The van der Waals surface area contributed by atoms with Crippen LogP contribution in [0.2, 0.25) is 0 Å². The molecule has 0 aliphatic carbocycles. The van der Waals surface area contributed by atoms with Gasteiger partial charge in [0.05, 0.1) is 12.8 Å². The van der Waals surface area contributed by atoms with E-state index in [0.29, 0.717) is 6.42 Å². The van der Waals surface area contributed by atoms with Crippen molar-refractivity contribution in [2.24, 2.45) is 5.16 Å². The van der Waals surface area contributed by atoms with E-state index in [1.807, 2.05) is 54.6 Å². The predicted octanol–water partition coefficient (Wildman–Crippen LogP) is 3.22. The molecule has 1 amide bonds. The number of benzene rings is 2.